The molecule has 0 unspecified atom stereocenters. The highest BCUT2D eigenvalue weighted by molar-refractivity contribution is 5.98. The quantitative estimate of drug-likeness (QED) is 0.555. The highest BCUT2D eigenvalue weighted by Crippen LogP contribution is 2.15. The van der Waals surface area contributed by atoms with E-state index in [1.54, 1.807) is 19.3 Å². The zero-order valence-corrected chi connectivity index (χ0v) is 12.5. The van der Waals surface area contributed by atoms with E-state index in [0.717, 1.165) is 0 Å². The van der Waals surface area contributed by atoms with Gasteiger partial charge < -0.3 is 5.73 Å². The summed E-state index contributed by atoms with van der Waals surface area (Å²) in [7, 11) is 0. The molecular formula is C13H13N9O. The third-order valence-electron chi connectivity index (χ3n) is 3.02. The molecular weight excluding hydrogens is 298 g/mol. The van der Waals surface area contributed by atoms with Crippen LogP contribution >= 0.6 is 0 Å². The molecule has 10 nitrogen and oxygen atoms in total. The Morgan fingerprint density at radius 3 is 2.91 bits per heavy atom. The van der Waals surface area contributed by atoms with Gasteiger partial charge in [0.25, 0.3) is 0 Å². The largest absolute Gasteiger partial charge is 0.378 e. The topological polar surface area (TPSA) is 133 Å². The summed E-state index contributed by atoms with van der Waals surface area (Å²) in [4.78, 5) is 4.12. The van der Waals surface area contributed by atoms with Gasteiger partial charge in [-0.2, -0.15) is 14.9 Å². The van der Waals surface area contributed by atoms with Gasteiger partial charge in [0, 0.05) is 6.20 Å². The number of nitrogens with two attached hydrogens (primary N) is 1. The van der Waals surface area contributed by atoms with Gasteiger partial charge in [-0.05, 0) is 36.3 Å². The summed E-state index contributed by atoms with van der Waals surface area (Å²) < 4.78 is 6.00. The van der Waals surface area contributed by atoms with E-state index < -0.39 is 0 Å². The van der Waals surface area contributed by atoms with Crippen LogP contribution in [0.2, 0.25) is 0 Å². The summed E-state index contributed by atoms with van der Waals surface area (Å²) >= 11 is 0. The van der Waals surface area contributed by atoms with Crippen molar-refractivity contribution >= 4 is 17.7 Å². The first-order chi connectivity index (χ1) is 11.2. The molecule has 2 N–H and O–H groups in total. The predicted octanol–water partition coefficient (Wildman–Crippen LogP) is 0.779. The van der Waals surface area contributed by atoms with Crippen LogP contribution in [0.3, 0.4) is 0 Å². The predicted molar refractivity (Wildman–Crippen MR) is 82.4 cm³/mol. The van der Waals surface area contributed by atoms with Crippen molar-refractivity contribution in [3.8, 4) is 5.82 Å². The first-order valence-corrected chi connectivity index (χ1v) is 6.66. The van der Waals surface area contributed by atoms with Crippen LogP contribution in [-0.4, -0.2) is 42.2 Å². The van der Waals surface area contributed by atoms with Gasteiger partial charge in [-0.15, -0.1) is 5.10 Å². The zero-order chi connectivity index (χ0) is 16.2. The van der Waals surface area contributed by atoms with Crippen molar-refractivity contribution in [3.63, 3.8) is 0 Å². The summed E-state index contributed by atoms with van der Waals surface area (Å²) in [6, 6.07) is 5.53. The Labute approximate surface area is 130 Å². The Balaban J connectivity index is 1.85. The smallest absolute Gasteiger partial charge is 0.243 e. The standard InChI is InChI=1S/C13H13N9O/c1-8(17-16-7-10-5-3-4-6-15-10)11-9(2)22(21-18-11)13-12(14)19-23-20-13/h3-7H,1-2H3,(H2,14,19)/b16-7-,17-8-. The maximum atomic E-state index is 5.65. The van der Waals surface area contributed by atoms with Crippen molar-refractivity contribution in [2.24, 2.45) is 10.2 Å². The number of anilines is 1. The van der Waals surface area contributed by atoms with Crippen molar-refractivity contribution in [2.75, 3.05) is 5.73 Å². The first-order valence-electron chi connectivity index (χ1n) is 6.66. The molecule has 3 heterocycles. The molecule has 3 aromatic rings. The zero-order valence-electron chi connectivity index (χ0n) is 12.5. The van der Waals surface area contributed by atoms with E-state index in [0.29, 0.717) is 22.8 Å². The second kappa shape index (κ2) is 6.13. The molecule has 0 radical (unpaired) electrons. The summed E-state index contributed by atoms with van der Waals surface area (Å²) in [5.41, 5.74) is 8.23. The molecule has 23 heavy (non-hydrogen) atoms. The van der Waals surface area contributed by atoms with Crippen molar-refractivity contribution in [1.82, 2.24) is 30.3 Å². The average molecular weight is 311 g/mol. The van der Waals surface area contributed by atoms with Gasteiger partial charge in [-0.3, -0.25) is 4.98 Å². The van der Waals surface area contributed by atoms with Crippen molar-refractivity contribution in [2.45, 2.75) is 13.8 Å². The number of aromatic nitrogens is 6. The van der Waals surface area contributed by atoms with E-state index in [1.807, 2.05) is 25.1 Å². The lowest BCUT2D eigenvalue weighted by Gasteiger charge is -1.98. The Morgan fingerprint density at radius 2 is 2.22 bits per heavy atom. The number of nitrogen functional groups attached to an aromatic ring is 1. The molecule has 0 amide bonds. The minimum absolute atomic E-state index is 0.132. The Kier molecular flexibility index (Phi) is 3.87. The highest BCUT2D eigenvalue weighted by Gasteiger charge is 2.17. The monoisotopic (exact) mass is 311 g/mol. The van der Waals surface area contributed by atoms with E-state index in [-0.39, 0.29) is 11.6 Å². The molecule has 0 atom stereocenters. The molecule has 10 heteroatoms. The molecule has 0 aromatic carbocycles. The maximum Gasteiger partial charge on any atom is 0.243 e. The lowest BCUT2D eigenvalue weighted by atomic mass is 10.2. The van der Waals surface area contributed by atoms with Crippen LogP contribution < -0.4 is 5.73 Å². The van der Waals surface area contributed by atoms with Gasteiger partial charge in [-0.25, -0.2) is 4.63 Å². The van der Waals surface area contributed by atoms with Gasteiger partial charge in [0.2, 0.25) is 11.6 Å². The molecule has 0 fully saturated rings. The van der Waals surface area contributed by atoms with Crippen LogP contribution in [0.1, 0.15) is 24.0 Å². The number of pyridine rings is 1. The molecule has 0 aliphatic carbocycles. The van der Waals surface area contributed by atoms with Crippen LogP contribution in [0.4, 0.5) is 5.82 Å². The van der Waals surface area contributed by atoms with Crippen LogP contribution in [0, 0.1) is 6.92 Å². The molecule has 0 bridgehead atoms. The number of hydrogen-bond acceptors (Lipinski definition) is 9. The van der Waals surface area contributed by atoms with Gasteiger partial charge >= 0.3 is 0 Å². The van der Waals surface area contributed by atoms with Gasteiger partial charge in [-0.1, -0.05) is 11.3 Å². The van der Waals surface area contributed by atoms with E-state index in [4.69, 9.17) is 5.73 Å². The Hall–Kier alpha value is -3.43. The minimum atomic E-state index is 0.132. The lowest BCUT2D eigenvalue weighted by Crippen LogP contribution is -2.04. The maximum absolute atomic E-state index is 5.65. The molecule has 0 saturated heterocycles. The number of rotatable bonds is 4. The van der Waals surface area contributed by atoms with Crippen molar-refractivity contribution in [1.29, 1.82) is 0 Å². The van der Waals surface area contributed by atoms with Gasteiger partial charge in [0.1, 0.15) is 5.69 Å². The minimum Gasteiger partial charge on any atom is -0.378 e. The molecule has 0 spiro atoms. The molecule has 116 valence electrons. The van der Waals surface area contributed by atoms with E-state index in [1.165, 1.54) is 4.68 Å². The van der Waals surface area contributed by atoms with Crippen molar-refractivity contribution in [3.05, 3.63) is 41.5 Å². The number of nitrogens with zero attached hydrogens (tertiary/aromatic N) is 8. The molecule has 0 aliphatic rings. The van der Waals surface area contributed by atoms with Crippen LogP contribution in [0.5, 0.6) is 0 Å². The summed E-state index contributed by atoms with van der Waals surface area (Å²) in [6.45, 7) is 3.59. The van der Waals surface area contributed by atoms with E-state index in [2.05, 4.69) is 40.4 Å². The fourth-order valence-electron chi connectivity index (χ4n) is 1.88. The van der Waals surface area contributed by atoms with E-state index >= 15 is 0 Å². The number of hydrogen-bond donors (Lipinski definition) is 1. The lowest BCUT2D eigenvalue weighted by molar-refractivity contribution is 0.306. The third kappa shape index (κ3) is 2.95. The normalized spacial score (nSPS) is 12.2. The molecule has 3 rings (SSSR count). The summed E-state index contributed by atoms with van der Waals surface area (Å²) in [5.74, 6) is 0.415. The van der Waals surface area contributed by atoms with Gasteiger partial charge in [0.05, 0.1) is 23.3 Å². The summed E-state index contributed by atoms with van der Waals surface area (Å²) in [6.07, 6.45) is 3.24. The third-order valence-corrected chi connectivity index (χ3v) is 3.02. The van der Waals surface area contributed by atoms with Gasteiger partial charge in [0.15, 0.2) is 0 Å². The van der Waals surface area contributed by atoms with Crippen molar-refractivity contribution < 1.29 is 4.63 Å². The summed E-state index contributed by atoms with van der Waals surface area (Å²) in [5, 5.41) is 23.4. The van der Waals surface area contributed by atoms with Crippen LogP contribution in [0.25, 0.3) is 5.82 Å². The first kappa shape index (κ1) is 14.5. The molecule has 0 aliphatic heterocycles. The fourth-order valence-corrected chi connectivity index (χ4v) is 1.88. The SMILES string of the molecule is C/C(=N/N=C\c1ccccn1)c1nnn(-c2nonc2N)c1C. The highest BCUT2D eigenvalue weighted by atomic mass is 16.6. The Morgan fingerprint density at radius 1 is 1.35 bits per heavy atom. The van der Waals surface area contributed by atoms with Crippen LogP contribution in [0.15, 0.2) is 39.2 Å². The van der Waals surface area contributed by atoms with E-state index in [9.17, 15) is 0 Å². The Bertz CT molecular complexity index is 863. The second-order valence-corrected chi connectivity index (χ2v) is 4.59. The second-order valence-electron chi connectivity index (χ2n) is 4.59. The molecule has 3 aromatic heterocycles. The fraction of sp³-hybridized carbons (Fsp3) is 0.154. The molecule has 0 saturated carbocycles. The average Bonchev–Trinajstić information content (AvgIpc) is 3.14. The van der Waals surface area contributed by atoms with Crippen LogP contribution in [-0.2, 0) is 0 Å².